The normalized spacial score (nSPS) is 9.94. The number of aryl methyl sites for hydroxylation is 1. The Morgan fingerprint density at radius 1 is 1.44 bits per heavy atom. The van der Waals surface area contributed by atoms with Crippen LogP contribution < -0.4 is 10.1 Å². The fraction of sp³-hybridized carbons (Fsp3) is 0.417. The van der Waals surface area contributed by atoms with Crippen LogP contribution in [0.15, 0.2) is 18.2 Å². The third-order valence-electron chi connectivity index (χ3n) is 2.36. The van der Waals surface area contributed by atoms with E-state index in [0.717, 1.165) is 11.1 Å². The largest absolute Gasteiger partial charge is 0.412 e. The lowest BCUT2D eigenvalue weighted by Gasteiger charge is -2.09. The quantitative estimate of drug-likeness (QED) is 0.765. The molecule has 0 unspecified atom stereocenters. The number of hydrogen-bond acceptors (Lipinski definition) is 3. The summed E-state index contributed by atoms with van der Waals surface area (Å²) >= 11 is 0. The first-order chi connectivity index (χ1) is 7.65. The highest BCUT2D eigenvalue weighted by atomic mass is 16.6. The van der Waals surface area contributed by atoms with E-state index < -0.39 is 6.09 Å². The van der Waals surface area contributed by atoms with E-state index in [0.29, 0.717) is 18.7 Å². The maximum Gasteiger partial charge on any atom is 0.412 e. The summed E-state index contributed by atoms with van der Waals surface area (Å²) in [6, 6.07) is 5.57. The molecule has 1 amide bonds. The molecule has 0 bridgehead atoms. The van der Waals surface area contributed by atoms with Crippen LogP contribution in [0.2, 0.25) is 0 Å². The van der Waals surface area contributed by atoms with Crippen molar-refractivity contribution in [2.45, 2.75) is 20.3 Å². The number of carbonyl (C=O) groups is 1. The molecule has 0 heterocycles. The first-order valence-electron chi connectivity index (χ1n) is 5.28. The summed E-state index contributed by atoms with van der Waals surface area (Å²) in [5, 5.41) is 11.1. The molecule has 0 fully saturated rings. The number of amides is 1. The third-order valence-corrected chi connectivity index (χ3v) is 2.36. The predicted octanol–water partition coefficient (Wildman–Crippen LogP) is 1.77. The molecule has 2 N–H and O–H groups in total. The Bertz CT molecular complexity index is 363. The topological polar surface area (TPSA) is 58.6 Å². The molecular formula is C12H17NO3. The van der Waals surface area contributed by atoms with Crippen molar-refractivity contribution in [1.29, 1.82) is 0 Å². The van der Waals surface area contributed by atoms with Gasteiger partial charge in [0.05, 0.1) is 0 Å². The maximum atomic E-state index is 11.3. The van der Waals surface area contributed by atoms with Gasteiger partial charge in [-0.1, -0.05) is 12.1 Å². The molecule has 0 saturated heterocycles. The molecule has 88 valence electrons. The van der Waals surface area contributed by atoms with Crippen LogP contribution in [0, 0.1) is 13.8 Å². The van der Waals surface area contributed by atoms with Crippen LogP contribution in [-0.2, 0) is 0 Å². The number of ether oxygens (including phenoxy) is 1. The van der Waals surface area contributed by atoms with Crippen LogP contribution in [0.5, 0.6) is 5.75 Å². The van der Waals surface area contributed by atoms with Crippen molar-refractivity contribution in [1.82, 2.24) is 5.32 Å². The summed E-state index contributed by atoms with van der Waals surface area (Å²) in [6.07, 6.45) is 0.0455. The molecule has 0 aliphatic rings. The lowest BCUT2D eigenvalue weighted by atomic mass is 10.1. The van der Waals surface area contributed by atoms with Gasteiger partial charge >= 0.3 is 6.09 Å². The highest BCUT2D eigenvalue weighted by Crippen LogP contribution is 2.20. The highest BCUT2D eigenvalue weighted by Gasteiger charge is 2.06. The molecule has 16 heavy (non-hydrogen) atoms. The van der Waals surface area contributed by atoms with Crippen molar-refractivity contribution >= 4 is 6.09 Å². The van der Waals surface area contributed by atoms with Crippen molar-refractivity contribution in [3.05, 3.63) is 29.3 Å². The number of hydrogen-bond donors (Lipinski definition) is 2. The Kier molecular flexibility index (Phi) is 4.79. The van der Waals surface area contributed by atoms with Crippen LogP contribution in [-0.4, -0.2) is 24.4 Å². The molecule has 0 radical (unpaired) electrons. The maximum absolute atomic E-state index is 11.3. The highest BCUT2D eigenvalue weighted by molar-refractivity contribution is 5.70. The van der Waals surface area contributed by atoms with Gasteiger partial charge in [-0.2, -0.15) is 0 Å². The van der Waals surface area contributed by atoms with Crippen LogP contribution >= 0.6 is 0 Å². The zero-order valence-corrected chi connectivity index (χ0v) is 9.62. The molecule has 1 aromatic rings. The summed E-state index contributed by atoms with van der Waals surface area (Å²) in [5.41, 5.74) is 2.04. The first kappa shape index (κ1) is 12.5. The predicted molar refractivity (Wildman–Crippen MR) is 61.6 cm³/mol. The molecule has 0 aliphatic heterocycles. The van der Waals surface area contributed by atoms with Gasteiger partial charge in [0.25, 0.3) is 0 Å². The summed E-state index contributed by atoms with van der Waals surface area (Å²) < 4.78 is 5.14. The number of aliphatic hydroxyl groups is 1. The molecule has 0 aliphatic carbocycles. The molecular weight excluding hydrogens is 206 g/mol. The number of aliphatic hydroxyl groups excluding tert-OH is 1. The minimum Gasteiger partial charge on any atom is -0.410 e. The molecule has 1 aromatic carbocycles. The van der Waals surface area contributed by atoms with E-state index in [1.807, 2.05) is 26.0 Å². The van der Waals surface area contributed by atoms with E-state index in [9.17, 15) is 4.79 Å². The second-order valence-electron chi connectivity index (χ2n) is 3.59. The lowest BCUT2D eigenvalue weighted by Crippen LogP contribution is -2.28. The fourth-order valence-electron chi connectivity index (χ4n) is 1.24. The van der Waals surface area contributed by atoms with Crippen LogP contribution in [0.1, 0.15) is 17.5 Å². The standard InChI is InChI=1S/C12H17NO3/c1-9-5-3-6-11(10(9)2)16-12(15)13-7-4-8-14/h3,5-6,14H,4,7-8H2,1-2H3,(H,13,15). The Balaban J connectivity index is 2.53. The molecule has 1 rings (SSSR count). The second-order valence-corrected chi connectivity index (χ2v) is 3.59. The lowest BCUT2D eigenvalue weighted by molar-refractivity contribution is 0.198. The minimum atomic E-state index is -0.484. The van der Waals surface area contributed by atoms with Crippen molar-refractivity contribution in [2.75, 3.05) is 13.2 Å². The van der Waals surface area contributed by atoms with Gasteiger partial charge in [0.15, 0.2) is 0 Å². The zero-order chi connectivity index (χ0) is 12.0. The summed E-state index contributed by atoms with van der Waals surface area (Å²) in [7, 11) is 0. The average molecular weight is 223 g/mol. The summed E-state index contributed by atoms with van der Waals surface area (Å²) in [6.45, 7) is 4.35. The third kappa shape index (κ3) is 3.55. The minimum absolute atomic E-state index is 0.0593. The molecule has 4 nitrogen and oxygen atoms in total. The van der Waals surface area contributed by atoms with E-state index in [-0.39, 0.29) is 6.61 Å². The van der Waals surface area contributed by atoms with E-state index in [1.165, 1.54) is 0 Å². The molecule has 0 spiro atoms. The molecule has 0 aromatic heterocycles. The van der Waals surface area contributed by atoms with E-state index in [2.05, 4.69) is 5.32 Å². The average Bonchev–Trinajstić information content (AvgIpc) is 2.25. The SMILES string of the molecule is Cc1cccc(OC(=O)NCCCO)c1C. The zero-order valence-electron chi connectivity index (χ0n) is 9.62. The van der Waals surface area contributed by atoms with Crippen molar-refractivity contribution in [3.63, 3.8) is 0 Å². The second kappa shape index (κ2) is 6.12. The first-order valence-corrected chi connectivity index (χ1v) is 5.28. The summed E-state index contributed by atoms with van der Waals surface area (Å²) in [4.78, 5) is 11.3. The van der Waals surface area contributed by atoms with Gasteiger partial charge in [-0.3, -0.25) is 0 Å². The fourth-order valence-corrected chi connectivity index (χ4v) is 1.24. The van der Waals surface area contributed by atoms with Crippen LogP contribution in [0.4, 0.5) is 4.79 Å². The smallest absolute Gasteiger partial charge is 0.410 e. The van der Waals surface area contributed by atoms with E-state index in [1.54, 1.807) is 6.07 Å². The molecule has 0 atom stereocenters. The van der Waals surface area contributed by atoms with Gasteiger partial charge in [0.1, 0.15) is 5.75 Å². The summed E-state index contributed by atoms with van der Waals surface area (Å²) in [5.74, 6) is 0.571. The van der Waals surface area contributed by atoms with E-state index in [4.69, 9.17) is 9.84 Å². The van der Waals surface area contributed by atoms with Crippen molar-refractivity contribution < 1.29 is 14.6 Å². The number of carbonyl (C=O) groups excluding carboxylic acids is 1. The van der Waals surface area contributed by atoms with Gasteiger partial charge in [-0.05, 0) is 37.5 Å². The Morgan fingerprint density at radius 2 is 2.19 bits per heavy atom. The number of benzene rings is 1. The Labute approximate surface area is 95.2 Å². The van der Waals surface area contributed by atoms with Gasteiger partial charge in [0.2, 0.25) is 0 Å². The van der Waals surface area contributed by atoms with Crippen LogP contribution in [0.3, 0.4) is 0 Å². The molecule has 0 saturated carbocycles. The monoisotopic (exact) mass is 223 g/mol. The van der Waals surface area contributed by atoms with Gasteiger partial charge in [-0.15, -0.1) is 0 Å². The molecule has 4 heteroatoms. The van der Waals surface area contributed by atoms with Crippen molar-refractivity contribution in [3.8, 4) is 5.75 Å². The van der Waals surface area contributed by atoms with Gasteiger partial charge in [-0.25, -0.2) is 4.79 Å². The van der Waals surface area contributed by atoms with Crippen molar-refractivity contribution in [2.24, 2.45) is 0 Å². The number of nitrogens with one attached hydrogen (secondary N) is 1. The van der Waals surface area contributed by atoms with Crippen LogP contribution in [0.25, 0.3) is 0 Å². The van der Waals surface area contributed by atoms with E-state index >= 15 is 0 Å². The Hall–Kier alpha value is -1.55. The van der Waals surface area contributed by atoms with Gasteiger partial charge < -0.3 is 15.2 Å². The Morgan fingerprint density at radius 3 is 2.88 bits per heavy atom. The number of rotatable bonds is 4. The van der Waals surface area contributed by atoms with Gasteiger partial charge in [0, 0.05) is 13.2 Å².